The minimum Gasteiger partial charge on any atom is -0.338 e. The van der Waals surface area contributed by atoms with Gasteiger partial charge in [0.25, 0.3) is 0 Å². The summed E-state index contributed by atoms with van der Waals surface area (Å²) >= 11 is 0. The standard InChI is InChI=1S/C58H45N/c1-38-17-15-19-42(37-38)59(55-32-14-3-18-39(55)2)41-35-33-40(34-36-41)43-24-16-31-54-56(43)58(50-27-10-6-22-46(50)47-23-7-11-28-51(47)58)53-30-13-12-29-52(53)57(54)48-25-8-4-20-44(48)45-21-5-9-26-49(45)57/h3-36,38-39,55H,37H2,1-2H3. The van der Waals surface area contributed by atoms with E-state index in [0.29, 0.717) is 11.8 Å². The van der Waals surface area contributed by atoms with E-state index in [0.717, 1.165) is 6.42 Å². The predicted molar refractivity (Wildman–Crippen MR) is 245 cm³/mol. The Hall–Kier alpha value is -6.70. The first-order chi connectivity index (χ1) is 29.1. The molecule has 12 rings (SSSR count). The Balaban J connectivity index is 1.16. The molecule has 2 spiro atoms. The molecule has 0 fully saturated rings. The third-order valence-corrected chi connectivity index (χ3v) is 14.2. The van der Waals surface area contributed by atoms with Crippen LogP contribution in [-0.2, 0) is 10.8 Å². The van der Waals surface area contributed by atoms with Crippen molar-refractivity contribution in [1.82, 2.24) is 0 Å². The van der Waals surface area contributed by atoms with Crippen molar-refractivity contribution in [2.24, 2.45) is 11.8 Å². The number of rotatable bonds is 4. The molecule has 3 atom stereocenters. The molecule has 0 N–H and O–H groups in total. The molecule has 0 amide bonds. The lowest BCUT2D eigenvalue weighted by Gasteiger charge is -2.49. The summed E-state index contributed by atoms with van der Waals surface area (Å²) in [6.45, 7) is 4.67. The summed E-state index contributed by atoms with van der Waals surface area (Å²) in [6, 6.07) is 63.2. The second-order valence-electron chi connectivity index (χ2n) is 17.2. The third kappa shape index (κ3) is 4.56. The van der Waals surface area contributed by atoms with Gasteiger partial charge in [0.2, 0.25) is 0 Å². The van der Waals surface area contributed by atoms with Gasteiger partial charge in [-0.2, -0.15) is 0 Å². The molecule has 0 saturated heterocycles. The first-order valence-corrected chi connectivity index (χ1v) is 21.4. The molecule has 282 valence electrons. The minimum atomic E-state index is -0.540. The van der Waals surface area contributed by atoms with Crippen LogP contribution in [0.1, 0.15) is 64.8 Å². The lowest BCUT2D eigenvalue weighted by Crippen LogP contribution is -2.44. The Morgan fingerprint density at radius 1 is 0.424 bits per heavy atom. The lowest BCUT2D eigenvalue weighted by molar-refractivity contribution is 0.568. The lowest BCUT2D eigenvalue weighted by atomic mass is 9.51. The van der Waals surface area contributed by atoms with Gasteiger partial charge in [-0.25, -0.2) is 0 Å². The van der Waals surface area contributed by atoms with Crippen LogP contribution in [0.25, 0.3) is 33.4 Å². The summed E-state index contributed by atoms with van der Waals surface area (Å²) < 4.78 is 0. The molecule has 5 aliphatic carbocycles. The summed E-state index contributed by atoms with van der Waals surface area (Å²) in [5.41, 5.74) is 20.3. The van der Waals surface area contributed by atoms with Crippen LogP contribution in [0, 0.1) is 11.8 Å². The summed E-state index contributed by atoms with van der Waals surface area (Å²) in [6.07, 6.45) is 17.1. The molecule has 59 heavy (non-hydrogen) atoms. The SMILES string of the molecule is CC1C=CC=C(N(c2ccc(-c3cccc4c3C3(c5ccccc5-c5ccccc53)c3ccccc3C43c4ccccc4-c4ccccc43)cc2)C2C=CC=CC2C)C1. The van der Waals surface area contributed by atoms with E-state index in [1.54, 1.807) is 0 Å². The van der Waals surface area contributed by atoms with Gasteiger partial charge in [0.05, 0.1) is 16.9 Å². The number of fused-ring (bicyclic) bond motifs is 16. The molecule has 0 heterocycles. The molecule has 0 aliphatic heterocycles. The molecule has 3 unspecified atom stereocenters. The molecule has 7 aromatic carbocycles. The number of hydrogen-bond donors (Lipinski definition) is 0. The highest BCUT2D eigenvalue weighted by Crippen LogP contribution is 2.68. The maximum atomic E-state index is 2.59. The van der Waals surface area contributed by atoms with Crippen LogP contribution in [0.5, 0.6) is 0 Å². The maximum absolute atomic E-state index is 2.59. The molecule has 0 radical (unpaired) electrons. The van der Waals surface area contributed by atoms with Crippen molar-refractivity contribution in [1.29, 1.82) is 0 Å². The monoisotopic (exact) mass is 755 g/mol. The van der Waals surface area contributed by atoms with Gasteiger partial charge in [-0.15, -0.1) is 0 Å². The largest absolute Gasteiger partial charge is 0.338 e. The van der Waals surface area contributed by atoms with Crippen molar-refractivity contribution in [2.45, 2.75) is 37.1 Å². The third-order valence-electron chi connectivity index (χ3n) is 14.2. The molecule has 0 saturated carbocycles. The van der Waals surface area contributed by atoms with Gasteiger partial charge in [-0.05, 0) is 114 Å². The Bertz CT molecular complexity index is 2880. The Morgan fingerprint density at radius 3 is 1.46 bits per heavy atom. The number of hydrogen-bond acceptors (Lipinski definition) is 1. The van der Waals surface area contributed by atoms with Crippen molar-refractivity contribution in [3.8, 4) is 33.4 Å². The van der Waals surface area contributed by atoms with Crippen LogP contribution in [-0.4, -0.2) is 6.04 Å². The number of benzene rings is 7. The molecule has 7 aromatic rings. The first-order valence-electron chi connectivity index (χ1n) is 21.4. The normalized spacial score (nSPS) is 20.3. The van der Waals surface area contributed by atoms with Crippen molar-refractivity contribution < 1.29 is 0 Å². The second kappa shape index (κ2) is 12.9. The van der Waals surface area contributed by atoms with Crippen molar-refractivity contribution in [3.05, 3.63) is 257 Å². The van der Waals surface area contributed by atoms with Gasteiger partial charge in [-0.3, -0.25) is 0 Å². The van der Waals surface area contributed by atoms with E-state index in [9.17, 15) is 0 Å². The van der Waals surface area contributed by atoms with Crippen LogP contribution < -0.4 is 4.90 Å². The van der Waals surface area contributed by atoms with E-state index >= 15 is 0 Å². The highest BCUT2D eigenvalue weighted by molar-refractivity contribution is 5.96. The fourth-order valence-electron chi connectivity index (χ4n) is 11.9. The molecular formula is C58H45N. The van der Waals surface area contributed by atoms with E-state index in [-0.39, 0.29) is 6.04 Å². The minimum absolute atomic E-state index is 0.244. The van der Waals surface area contributed by atoms with E-state index < -0.39 is 10.8 Å². The first kappa shape index (κ1) is 34.4. The fourth-order valence-corrected chi connectivity index (χ4v) is 11.9. The van der Waals surface area contributed by atoms with E-state index in [2.05, 4.69) is 225 Å². The Labute approximate surface area is 348 Å². The van der Waals surface area contributed by atoms with Gasteiger partial charge in [0.15, 0.2) is 0 Å². The zero-order chi connectivity index (χ0) is 39.3. The van der Waals surface area contributed by atoms with Crippen LogP contribution in [0.4, 0.5) is 5.69 Å². The van der Waals surface area contributed by atoms with Crippen LogP contribution in [0.15, 0.2) is 212 Å². The van der Waals surface area contributed by atoms with E-state index in [1.807, 2.05) is 0 Å². The molecule has 0 aromatic heterocycles. The Morgan fingerprint density at radius 2 is 0.898 bits per heavy atom. The molecule has 1 nitrogen and oxygen atoms in total. The van der Waals surface area contributed by atoms with E-state index in [4.69, 9.17) is 0 Å². The van der Waals surface area contributed by atoms with Crippen LogP contribution >= 0.6 is 0 Å². The number of allylic oxidation sites excluding steroid dienone is 6. The van der Waals surface area contributed by atoms with Crippen molar-refractivity contribution >= 4 is 5.69 Å². The van der Waals surface area contributed by atoms with Crippen LogP contribution in [0.2, 0.25) is 0 Å². The zero-order valence-electron chi connectivity index (χ0n) is 33.5. The summed E-state index contributed by atoms with van der Waals surface area (Å²) in [5, 5.41) is 0. The summed E-state index contributed by atoms with van der Waals surface area (Å²) in [4.78, 5) is 2.59. The highest BCUT2D eigenvalue weighted by Gasteiger charge is 2.59. The summed E-state index contributed by atoms with van der Waals surface area (Å²) in [7, 11) is 0. The van der Waals surface area contributed by atoms with Gasteiger partial charge in [0.1, 0.15) is 0 Å². The molecule has 5 aliphatic rings. The van der Waals surface area contributed by atoms with Gasteiger partial charge in [0, 0.05) is 11.4 Å². The maximum Gasteiger partial charge on any atom is 0.0725 e. The van der Waals surface area contributed by atoms with E-state index in [1.165, 1.54) is 89.3 Å². The fraction of sp³-hybridized carbons (Fsp3) is 0.138. The predicted octanol–water partition coefficient (Wildman–Crippen LogP) is 13.8. The second-order valence-corrected chi connectivity index (χ2v) is 17.2. The number of anilines is 1. The zero-order valence-corrected chi connectivity index (χ0v) is 33.5. The topological polar surface area (TPSA) is 3.24 Å². The molecule has 0 bridgehead atoms. The smallest absolute Gasteiger partial charge is 0.0725 e. The quantitative estimate of drug-likeness (QED) is 0.173. The van der Waals surface area contributed by atoms with Gasteiger partial charge < -0.3 is 4.90 Å². The van der Waals surface area contributed by atoms with Gasteiger partial charge >= 0.3 is 0 Å². The average molecular weight is 756 g/mol. The highest BCUT2D eigenvalue weighted by atomic mass is 15.2. The molecule has 1 heteroatoms. The van der Waals surface area contributed by atoms with Crippen molar-refractivity contribution in [3.63, 3.8) is 0 Å². The van der Waals surface area contributed by atoms with Gasteiger partial charge in [-0.1, -0.05) is 202 Å². The average Bonchev–Trinajstić information content (AvgIpc) is 3.75. The van der Waals surface area contributed by atoms with Crippen LogP contribution in [0.3, 0.4) is 0 Å². The van der Waals surface area contributed by atoms with Crippen molar-refractivity contribution in [2.75, 3.05) is 4.90 Å². The Kier molecular flexibility index (Phi) is 7.51. The molecular weight excluding hydrogens is 711 g/mol. The number of nitrogens with zero attached hydrogens (tertiary/aromatic N) is 1. The summed E-state index contributed by atoms with van der Waals surface area (Å²) in [5.74, 6) is 0.888.